The molecule has 7 heteroatoms. The first-order valence-corrected chi connectivity index (χ1v) is 9.53. The van der Waals surface area contributed by atoms with Crippen LogP contribution in [0.15, 0.2) is 30.5 Å². The third kappa shape index (κ3) is 4.85. The molecule has 0 aliphatic carbocycles. The van der Waals surface area contributed by atoms with Gasteiger partial charge in [0.05, 0.1) is 19.3 Å². The molecule has 0 bridgehead atoms. The summed E-state index contributed by atoms with van der Waals surface area (Å²) in [5.74, 6) is 1.19. The molecule has 0 saturated heterocycles. The van der Waals surface area contributed by atoms with Gasteiger partial charge in [0.1, 0.15) is 22.9 Å². The molecule has 1 aromatic carbocycles. The van der Waals surface area contributed by atoms with E-state index in [0.717, 1.165) is 5.56 Å². The van der Waals surface area contributed by atoms with Gasteiger partial charge in [0, 0.05) is 23.7 Å². The Balaban J connectivity index is 1.83. The van der Waals surface area contributed by atoms with Crippen LogP contribution in [-0.4, -0.2) is 36.2 Å². The summed E-state index contributed by atoms with van der Waals surface area (Å²) in [7, 11) is 1.30. The summed E-state index contributed by atoms with van der Waals surface area (Å²) in [5, 5.41) is 2.73. The maximum atomic E-state index is 12.8. The molecular weight excluding hydrogens is 372 g/mol. The predicted molar refractivity (Wildman–Crippen MR) is 109 cm³/mol. The van der Waals surface area contributed by atoms with Gasteiger partial charge in [-0.25, -0.2) is 9.78 Å². The maximum absolute atomic E-state index is 12.8. The quantitative estimate of drug-likeness (QED) is 0.744. The Morgan fingerprint density at radius 1 is 1.24 bits per heavy atom. The lowest BCUT2D eigenvalue weighted by molar-refractivity contribution is 0.0600. The van der Waals surface area contributed by atoms with E-state index in [1.165, 1.54) is 13.3 Å². The highest BCUT2D eigenvalue weighted by atomic mass is 16.5. The van der Waals surface area contributed by atoms with Crippen molar-refractivity contribution in [3.8, 4) is 11.5 Å². The largest absolute Gasteiger partial charge is 0.493 e. The second-order valence-electron chi connectivity index (χ2n) is 8.07. The summed E-state index contributed by atoms with van der Waals surface area (Å²) in [6.45, 7) is 8.70. The Labute approximate surface area is 170 Å². The Bertz CT molecular complexity index is 920. The molecule has 1 amide bonds. The number of ether oxygens (including phenoxy) is 3. The van der Waals surface area contributed by atoms with E-state index in [2.05, 4.69) is 28.9 Å². The molecule has 0 radical (unpaired) electrons. The molecule has 3 rings (SSSR count). The van der Waals surface area contributed by atoms with Gasteiger partial charge in [-0.2, -0.15) is 0 Å². The van der Waals surface area contributed by atoms with Crippen molar-refractivity contribution in [2.75, 3.05) is 19.0 Å². The van der Waals surface area contributed by atoms with Gasteiger partial charge in [-0.15, -0.1) is 0 Å². The number of pyridine rings is 1. The molecule has 0 atom stereocenters. The van der Waals surface area contributed by atoms with Gasteiger partial charge >= 0.3 is 5.97 Å². The van der Waals surface area contributed by atoms with Crippen molar-refractivity contribution in [3.63, 3.8) is 0 Å². The molecule has 0 unspecified atom stereocenters. The zero-order valence-electron chi connectivity index (χ0n) is 17.4. The predicted octanol–water partition coefficient (Wildman–Crippen LogP) is 3.87. The fourth-order valence-corrected chi connectivity index (χ4v) is 3.06. The Hall–Kier alpha value is -3.09. The van der Waals surface area contributed by atoms with Crippen LogP contribution in [0.2, 0.25) is 0 Å². The summed E-state index contributed by atoms with van der Waals surface area (Å²) in [4.78, 5) is 28.4. The van der Waals surface area contributed by atoms with Gasteiger partial charge in [-0.1, -0.05) is 13.8 Å². The molecule has 154 valence electrons. The first-order valence-electron chi connectivity index (χ1n) is 9.53. The van der Waals surface area contributed by atoms with E-state index < -0.39 is 5.97 Å². The van der Waals surface area contributed by atoms with Gasteiger partial charge in [-0.05, 0) is 44.0 Å². The van der Waals surface area contributed by atoms with E-state index in [-0.39, 0.29) is 11.5 Å². The minimum Gasteiger partial charge on any atom is -0.493 e. The summed E-state index contributed by atoms with van der Waals surface area (Å²) >= 11 is 0. The molecule has 0 spiro atoms. The zero-order chi connectivity index (χ0) is 21.2. The molecule has 1 aliphatic heterocycles. The number of hydrogen-bond acceptors (Lipinski definition) is 6. The van der Waals surface area contributed by atoms with Crippen LogP contribution >= 0.6 is 0 Å². The average Bonchev–Trinajstić information content (AvgIpc) is 2.99. The van der Waals surface area contributed by atoms with E-state index in [1.54, 1.807) is 24.3 Å². The summed E-state index contributed by atoms with van der Waals surface area (Å²) in [6, 6.07) is 6.56. The minimum atomic E-state index is -0.485. The van der Waals surface area contributed by atoms with Gasteiger partial charge in [0.25, 0.3) is 5.91 Å². The number of carbonyl (C=O) groups excluding carboxylic acids is 2. The van der Waals surface area contributed by atoms with Gasteiger partial charge < -0.3 is 19.5 Å². The lowest BCUT2D eigenvalue weighted by atomic mass is 9.99. The summed E-state index contributed by atoms with van der Waals surface area (Å²) in [5.41, 5.74) is 1.35. The van der Waals surface area contributed by atoms with Crippen molar-refractivity contribution in [1.29, 1.82) is 0 Å². The molecule has 29 heavy (non-hydrogen) atoms. The number of nitrogens with zero attached hydrogens (tertiary/aromatic N) is 1. The smallest absolute Gasteiger partial charge is 0.339 e. The Morgan fingerprint density at radius 2 is 2.00 bits per heavy atom. The normalized spacial score (nSPS) is 14.1. The number of anilines is 1. The van der Waals surface area contributed by atoms with Crippen LogP contribution in [-0.2, 0) is 11.2 Å². The highest BCUT2D eigenvalue weighted by Crippen LogP contribution is 2.41. The Kier molecular flexibility index (Phi) is 5.77. The third-order valence-electron chi connectivity index (χ3n) is 4.42. The highest BCUT2D eigenvalue weighted by molar-refractivity contribution is 6.04. The van der Waals surface area contributed by atoms with Crippen molar-refractivity contribution < 1.29 is 23.8 Å². The van der Waals surface area contributed by atoms with Crippen molar-refractivity contribution in [3.05, 3.63) is 47.2 Å². The van der Waals surface area contributed by atoms with Crippen LogP contribution < -0.4 is 14.8 Å². The topological polar surface area (TPSA) is 86.8 Å². The summed E-state index contributed by atoms with van der Waals surface area (Å²) < 4.78 is 16.6. The van der Waals surface area contributed by atoms with Gasteiger partial charge in [0.2, 0.25) is 0 Å². The molecule has 0 saturated carbocycles. The maximum Gasteiger partial charge on any atom is 0.339 e. The molecule has 1 N–H and O–H groups in total. The second kappa shape index (κ2) is 8.11. The molecule has 2 heterocycles. The first-order chi connectivity index (χ1) is 13.7. The number of nitrogens with one attached hydrogen (secondary N) is 1. The number of fused-ring (bicyclic) bond motifs is 1. The molecule has 0 fully saturated rings. The van der Waals surface area contributed by atoms with E-state index in [9.17, 15) is 9.59 Å². The number of rotatable bonds is 6. The number of amides is 1. The fraction of sp³-hybridized carbons (Fsp3) is 0.409. The van der Waals surface area contributed by atoms with Crippen molar-refractivity contribution in [2.45, 2.75) is 39.7 Å². The number of aromatic nitrogens is 1. The lowest BCUT2D eigenvalue weighted by Gasteiger charge is -2.16. The number of carbonyl (C=O) groups is 2. The SMILES string of the molecule is COC(=O)c1ccc(NC(=O)c2cc(OCC(C)C)c3c(c2)OC(C)(C)C3)nc1. The molecule has 1 aliphatic rings. The van der Waals surface area contributed by atoms with Gasteiger partial charge in [-0.3, -0.25) is 4.79 Å². The van der Waals surface area contributed by atoms with Crippen LogP contribution in [0.1, 0.15) is 54.0 Å². The van der Waals surface area contributed by atoms with Crippen LogP contribution in [0.5, 0.6) is 11.5 Å². The number of esters is 1. The summed E-state index contributed by atoms with van der Waals surface area (Å²) in [6.07, 6.45) is 2.07. The van der Waals surface area contributed by atoms with E-state index >= 15 is 0 Å². The second-order valence-corrected chi connectivity index (χ2v) is 8.07. The molecule has 2 aromatic rings. The van der Waals surface area contributed by atoms with Crippen molar-refractivity contribution in [2.24, 2.45) is 5.92 Å². The van der Waals surface area contributed by atoms with Crippen LogP contribution in [0.4, 0.5) is 5.82 Å². The van der Waals surface area contributed by atoms with Crippen molar-refractivity contribution >= 4 is 17.7 Å². The fourth-order valence-electron chi connectivity index (χ4n) is 3.06. The Morgan fingerprint density at radius 3 is 2.62 bits per heavy atom. The first kappa shape index (κ1) is 20.6. The molecular formula is C22H26N2O5. The third-order valence-corrected chi connectivity index (χ3v) is 4.42. The van der Waals surface area contributed by atoms with Crippen LogP contribution in [0.25, 0.3) is 0 Å². The van der Waals surface area contributed by atoms with Crippen LogP contribution in [0, 0.1) is 5.92 Å². The minimum absolute atomic E-state index is 0.308. The highest BCUT2D eigenvalue weighted by Gasteiger charge is 2.33. The standard InChI is InChI=1S/C22H26N2O5/c1-13(2)12-28-17-8-15(9-18-16(17)10-22(3,4)29-18)20(25)24-19-7-6-14(11-23-19)21(26)27-5/h6-9,11,13H,10,12H2,1-5H3,(H,23,24,25). The molecule has 7 nitrogen and oxygen atoms in total. The average molecular weight is 398 g/mol. The lowest BCUT2D eigenvalue weighted by Crippen LogP contribution is -2.24. The zero-order valence-corrected chi connectivity index (χ0v) is 17.4. The number of methoxy groups -OCH3 is 1. The van der Waals surface area contributed by atoms with Crippen molar-refractivity contribution in [1.82, 2.24) is 4.98 Å². The number of benzene rings is 1. The van der Waals surface area contributed by atoms with E-state index in [0.29, 0.717) is 47.4 Å². The van der Waals surface area contributed by atoms with Gasteiger partial charge in [0.15, 0.2) is 0 Å². The molecule has 1 aromatic heterocycles. The monoisotopic (exact) mass is 398 g/mol. The van der Waals surface area contributed by atoms with E-state index in [1.807, 2.05) is 13.8 Å². The van der Waals surface area contributed by atoms with E-state index in [4.69, 9.17) is 9.47 Å². The number of hydrogen-bond donors (Lipinski definition) is 1. The van der Waals surface area contributed by atoms with Crippen LogP contribution in [0.3, 0.4) is 0 Å².